The van der Waals surface area contributed by atoms with Crippen molar-refractivity contribution in [3.8, 4) is 11.5 Å². The molecule has 1 aromatic rings. The van der Waals surface area contributed by atoms with Gasteiger partial charge in [-0.3, -0.25) is 5.41 Å². The first-order valence-corrected chi connectivity index (χ1v) is 11.3. The van der Waals surface area contributed by atoms with Gasteiger partial charge in [-0.15, -0.1) is 0 Å². The van der Waals surface area contributed by atoms with E-state index in [1.54, 1.807) is 12.1 Å². The minimum Gasteiger partial charge on any atom is -0.504 e. The molecule has 0 aliphatic heterocycles. The van der Waals surface area contributed by atoms with Crippen LogP contribution in [0, 0.1) is 5.41 Å². The van der Waals surface area contributed by atoms with Gasteiger partial charge in [-0.1, -0.05) is 90.4 Å². The molecule has 0 fully saturated rings. The Morgan fingerprint density at radius 3 is 1.82 bits per heavy atom. The van der Waals surface area contributed by atoms with Gasteiger partial charge in [0.05, 0.1) is 13.7 Å². The third kappa shape index (κ3) is 11.2. The third-order valence-electron chi connectivity index (χ3n) is 5.19. The Hall–Kier alpha value is -1.71. The lowest BCUT2D eigenvalue weighted by atomic mass is 10.0. The van der Waals surface area contributed by atoms with Gasteiger partial charge in [-0.25, -0.2) is 0 Å². The summed E-state index contributed by atoms with van der Waals surface area (Å²) < 4.78 is 10.6. The van der Waals surface area contributed by atoms with Crippen LogP contribution in [-0.2, 0) is 4.74 Å². The molecule has 4 heteroatoms. The third-order valence-corrected chi connectivity index (χ3v) is 5.19. The molecule has 0 amide bonds. The summed E-state index contributed by atoms with van der Waals surface area (Å²) in [5.41, 5.74) is 0.625. The van der Waals surface area contributed by atoms with E-state index in [1.165, 1.54) is 90.2 Å². The van der Waals surface area contributed by atoms with Crippen molar-refractivity contribution < 1.29 is 14.6 Å². The number of rotatable bonds is 17. The molecule has 0 spiro atoms. The summed E-state index contributed by atoms with van der Waals surface area (Å²) in [4.78, 5) is 0. The zero-order valence-electron chi connectivity index (χ0n) is 18.1. The first kappa shape index (κ1) is 24.3. The summed E-state index contributed by atoms with van der Waals surface area (Å²) in [6.45, 7) is 2.84. The number of phenolic OH excluding ortho intramolecular Hbond substituents is 1. The van der Waals surface area contributed by atoms with Crippen LogP contribution >= 0.6 is 0 Å². The van der Waals surface area contributed by atoms with E-state index < -0.39 is 0 Å². The molecule has 0 aliphatic rings. The Balaban J connectivity index is 1.92. The van der Waals surface area contributed by atoms with Crippen molar-refractivity contribution in [2.24, 2.45) is 0 Å². The lowest BCUT2D eigenvalue weighted by molar-refractivity contribution is 0.290. The number of ether oxygens (including phenoxy) is 2. The van der Waals surface area contributed by atoms with Crippen LogP contribution in [0.2, 0.25) is 0 Å². The molecule has 28 heavy (non-hydrogen) atoms. The van der Waals surface area contributed by atoms with Crippen LogP contribution in [0.5, 0.6) is 11.5 Å². The molecule has 1 aromatic carbocycles. The molecule has 0 saturated carbocycles. The quantitative estimate of drug-likeness (QED) is 0.167. The largest absolute Gasteiger partial charge is 0.504 e. The average molecular weight is 392 g/mol. The van der Waals surface area contributed by atoms with E-state index in [-0.39, 0.29) is 11.6 Å². The zero-order valence-corrected chi connectivity index (χ0v) is 18.1. The topological polar surface area (TPSA) is 62.5 Å². The Kier molecular flexibility index (Phi) is 14.1. The van der Waals surface area contributed by atoms with Crippen LogP contribution in [0.4, 0.5) is 0 Å². The minimum atomic E-state index is 0.0750. The Labute approximate surface area is 172 Å². The molecule has 4 nitrogen and oxygen atoms in total. The van der Waals surface area contributed by atoms with E-state index >= 15 is 0 Å². The fraction of sp³-hybridized carbons (Fsp3) is 0.708. The van der Waals surface area contributed by atoms with E-state index in [1.807, 2.05) is 0 Å². The molecule has 0 unspecified atom stereocenters. The van der Waals surface area contributed by atoms with E-state index in [4.69, 9.17) is 14.9 Å². The second-order valence-electron chi connectivity index (χ2n) is 7.66. The Morgan fingerprint density at radius 2 is 1.32 bits per heavy atom. The van der Waals surface area contributed by atoms with Gasteiger partial charge in [0.1, 0.15) is 0 Å². The maximum atomic E-state index is 9.60. The monoisotopic (exact) mass is 391 g/mol. The highest BCUT2D eigenvalue weighted by Crippen LogP contribution is 2.26. The molecule has 0 heterocycles. The van der Waals surface area contributed by atoms with Gasteiger partial charge in [0.2, 0.25) is 5.90 Å². The van der Waals surface area contributed by atoms with Gasteiger partial charge >= 0.3 is 0 Å². The molecule has 1 rings (SSSR count). The number of benzene rings is 1. The SMILES string of the molecule is CCCCCCCCCCCCCCCCOC(=N)c1ccc(O)c(OC)c1. The lowest BCUT2D eigenvalue weighted by Gasteiger charge is -2.09. The van der Waals surface area contributed by atoms with Gasteiger partial charge in [0.25, 0.3) is 0 Å². The van der Waals surface area contributed by atoms with Crippen molar-refractivity contribution in [2.75, 3.05) is 13.7 Å². The smallest absolute Gasteiger partial charge is 0.213 e. The summed E-state index contributed by atoms with van der Waals surface area (Å²) in [6.07, 6.45) is 18.6. The number of aromatic hydroxyl groups is 1. The summed E-state index contributed by atoms with van der Waals surface area (Å²) in [5, 5.41) is 17.6. The van der Waals surface area contributed by atoms with Crippen LogP contribution in [0.1, 0.15) is 102 Å². The molecule has 2 N–H and O–H groups in total. The number of unbranched alkanes of at least 4 members (excludes halogenated alkanes) is 13. The zero-order chi connectivity index (χ0) is 20.5. The van der Waals surface area contributed by atoms with Crippen LogP contribution in [-0.4, -0.2) is 24.7 Å². The number of hydrogen-bond acceptors (Lipinski definition) is 4. The molecular formula is C24H41NO3. The van der Waals surface area contributed by atoms with Gasteiger partial charge in [-0.2, -0.15) is 0 Å². The minimum absolute atomic E-state index is 0.0750. The first-order chi connectivity index (χ1) is 13.7. The summed E-state index contributed by atoms with van der Waals surface area (Å²) >= 11 is 0. The fourth-order valence-corrected chi connectivity index (χ4v) is 3.37. The first-order valence-electron chi connectivity index (χ1n) is 11.3. The van der Waals surface area contributed by atoms with Gasteiger partial charge in [0, 0.05) is 5.56 Å². The summed E-state index contributed by atoms with van der Waals surface area (Å²) in [5.74, 6) is 0.571. The van der Waals surface area contributed by atoms with Gasteiger partial charge in [-0.05, 0) is 24.6 Å². The maximum Gasteiger partial charge on any atom is 0.213 e. The summed E-state index contributed by atoms with van der Waals surface area (Å²) in [7, 11) is 1.50. The van der Waals surface area contributed by atoms with Gasteiger partial charge < -0.3 is 14.6 Å². The lowest BCUT2D eigenvalue weighted by Crippen LogP contribution is -2.06. The molecule has 160 valence electrons. The standard InChI is InChI=1S/C24H41NO3/c1-3-4-5-6-7-8-9-10-11-12-13-14-15-16-19-28-24(25)21-17-18-22(26)23(20-21)27-2/h17-18,20,25-26H,3-16,19H2,1-2H3. The highest BCUT2D eigenvalue weighted by Gasteiger charge is 2.07. The van der Waals surface area contributed by atoms with E-state index in [2.05, 4.69) is 6.92 Å². The van der Waals surface area contributed by atoms with E-state index in [9.17, 15) is 5.11 Å². The van der Waals surface area contributed by atoms with Crippen molar-refractivity contribution in [1.29, 1.82) is 5.41 Å². The van der Waals surface area contributed by atoms with Crippen molar-refractivity contribution in [2.45, 2.75) is 96.8 Å². The normalized spacial score (nSPS) is 10.8. The van der Waals surface area contributed by atoms with Gasteiger partial charge in [0.15, 0.2) is 11.5 Å². The molecule has 0 aromatic heterocycles. The highest BCUT2D eigenvalue weighted by molar-refractivity contribution is 5.92. The van der Waals surface area contributed by atoms with Crippen LogP contribution in [0.25, 0.3) is 0 Å². The highest BCUT2D eigenvalue weighted by atomic mass is 16.5. The second kappa shape index (κ2) is 16.3. The molecule has 0 atom stereocenters. The summed E-state index contributed by atoms with van der Waals surface area (Å²) in [6, 6.07) is 4.83. The van der Waals surface area contributed by atoms with E-state index in [0.29, 0.717) is 17.9 Å². The van der Waals surface area contributed by atoms with Crippen LogP contribution in [0.3, 0.4) is 0 Å². The predicted molar refractivity (Wildman–Crippen MR) is 118 cm³/mol. The Morgan fingerprint density at radius 1 is 0.821 bits per heavy atom. The molecule has 0 radical (unpaired) electrons. The van der Waals surface area contributed by atoms with E-state index in [0.717, 1.165) is 12.8 Å². The number of methoxy groups -OCH3 is 1. The molecule has 0 aliphatic carbocycles. The number of hydrogen-bond donors (Lipinski definition) is 2. The molecular weight excluding hydrogens is 350 g/mol. The number of phenols is 1. The average Bonchev–Trinajstić information content (AvgIpc) is 2.71. The Bertz CT molecular complexity index is 531. The maximum absolute atomic E-state index is 9.60. The van der Waals surface area contributed by atoms with Crippen LogP contribution in [0.15, 0.2) is 18.2 Å². The molecule has 0 saturated heterocycles. The molecule has 0 bridgehead atoms. The predicted octanol–water partition coefficient (Wildman–Crippen LogP) is 7.22. The van der Waals surface area contributed by atoms with Crippen molar-refractivity contribution in [3.63, 3.8) is 0 Å². The number of nitrogens with one attached hydrogen (secondary N) is 1. The fourth-order valence-electron chi connectivity index (χ4n) is 3.37. The van der Waals surface area contributed by atoms with Crippen molar-refractivity contribution in [3.05, 3.63) is 23.8 Å². The van der Waals surface area contributed by atoms with Crippen molar-refractivity contribution in [1.82, 2.24) is 0 Å². The second-order valence-corrected chi connectivity index (χ2v) is 7.66. The van der Waals surface area contributed by atoms with Crippen LogP contribution < -0.4 is 4.74 Å². The van der Waals surface area contributed by atoms with Crippen molar-refractivity contribution >= 4 is 5.90 Å².